The standard InChI is InChI=1S/C16H22ClNO3/c1-21-15-7-4-13(17)8-12(15)9-16(20)18-10-11-2-5-14(19)6-3-11/h4,7-8,11,14,19H,2-3,5-6,9-10H2,1H3,(H,18,20). The van der Waals surface area contributed by atoms with Gasteiger partial charge in [0.05, 0.1) is 19.6 Å². The Balaban J connectivity index is 1.83. The van der Waals surface area contributed by atoms with Crippen LogP contribution in [0.5, 0.6) is 5.75 Å². The van der Waals surface area contributed by atoms with Gasteiger partial charge in [0, 0.05) is 17.1 Å². The van der Waals surface area contributed by atoms with Gasteiger partial charge in [-0.1, -0.05) is 11.6 Å². The number of carbonyl (C=O) groups is 1. The summed E-state index contributed by atoms with van der Waals surface area (Å²) in [5, 5.41) is 13.0. The summed E-state index contributed by atoms with van der Waals surface area (Å²) in [5.41, 5.74) is 0.793. The van der Waals surface area contributed by atoms with Gasteiger partial charge in [0.1, 0.15) is 5.75 Å². The molecule has 0 spiro atoms. The Morgan fingerprint density at radius 1 is 1.38 bits per heavy atom. The van der Waals surface area contributed by atoms with Gasteiger partial charge in [-0.2, -0.15) is 0 Å². The Morgan fingerprint density at radius 3 is 2.76 bits per heavy atom. The summed E-state index contributed by atoms with van der Waals surface area (Å²) < 4.78 is 5.24. The molecule has 0 aromatic heterocycles. The number of halogens is 1. The highest BCUT2D eigenvalue weighted by molar-refractivity contribution is 6.30. The lowest BCUT2D eigenvalue weighted by Crippen LogP contribution is -2.33. The monoisotopic (exact) mass is 311 g/mol. The fourth-order valence-electron chi connectivity index (χ4n) is 2.73. The Labute approximate surface area is 130 Å². The maximum absolute atomic E-state index is 12.0. The highest BCUT2D eigenvalue weighted by Gasteiger charge is 2.20. The first-order chi connectivity index (χ1) is 10.1. The van der Waals surface area contributed by atoms with Crippen molar-refractivity contribution in [2.45, 2.75) is 38.2 Å². The van der Waals surface area contributed by atoms with Gasteiger partial charge in [-0.3, -0.25) is 4.79 Å². The van der Waals surface area contributed by atoms with E-state index in [0.717, 1.165) is 31.2 Å². The smallest absolute Gasteiger partial charge is 0.224 e. The molecule has 21 heavy (non-hydrogen) atoms. The SMILES string of the molecule is COc1ccc(Cl)cc1CC(=O)NCC1CCC(O)CC1. The lowest BCUT2D eigenvalue weighted by atomic mass is 9.87. The summed E-state index contributed by atoms with van der Waals surface area (Å²) in [5.74, 6) is 1.12. The fraction of sp³-hybridized carbons (Fsp3) is 0.562. The molecule has 1 aromatic rings. The van der Waals surface area contributed by atoms with Crippen molar-refractivity contribution < 1.29 is 14.6 Å². The maximum Gasteiger partial charge on any atom is 0.224 e. The van der Waals surface area contributed by atoms with E-state index in [1.54, 1.807) is 25.3 Å². The van der Waals surface area contributed by atoms with Crippen LogP contribution in [0.4, 0.5) is 0 Å². The lowest BCUT2D eigenvalue weighted by molar-refractivity contribution is -0.120. The molecule has 0 radical (unpaired) electrons. The summed E-state index contributed by atoms with van der Waals surface area (Å²) in [7, 11) is 1.58. The van der Waals surface area contributed by atoms with Crippen LogP contribution in [0.15, 0.2) is 18.2 Å². The van der Waals surface area contributed by atoms with E-state index in [4.69, 9.17) is 16.3 Å². The molecule has 1 aromatic carbocycles. The van der Waals surface area contributed by atoms with E-state index in [9.17, 15) is 9.90 Å². The van der Waals surface area contributed by atoms with Crippen LogP contribution in [0.1, 0.15) is 31.2 Å². The number of amides is 1. The zero-order valence-corrected chi connectivity index (χ0v) is 13.0. The molecule has 1 amide bonds. The third kappa shape index (κ3) is 4.90. The molecular formula is C16H22ClNO3. The van der Waals surface area contributed by atoms with Gasteiger partial charge in [-0.15, -0.1) is 0 Å². The Morgan fingerprint density at radius 2 is 2.10 bits per heavy atom. The summed E-state index contributed by atoms with van der Waals surface area (Å²) in [4.78, 5) is 12.0. The van der Waals surface area contributed by atoms with Crippen molar-refractivity contribution in [3.8, 4) is 5.75 Å². The summed E-state index contributed by atoms with van der Waals surface area (Å²) in [6, 6.07) is 5.28. The minimum Gasteiger partial charge on any atom is -0.496 e. The van der Waals surface area contributed by atoms with Crippen molar-refractivity contribution in [2.75, 3.05) is 13.7 Å². The van der Waals surface area contributed by atoms with E-state index < -0.39 is 0 Å². The molecule has 0 atom stereocenters. The van der Waals surface area contributed by atoms with Gasteiger partial charge in [-0.05, 0) is 49.8 Å². The van der Waals surface area contributed by atoms with Crippen molar-refractivity contribution in [3.63, 3.8) is 0 Å². The number of hydrogen-bond donors (Lipinski definition) is 2. The van der Waals surface area contributed by atoms with E-state index in [-0.39, 0.29) is 18.4 Å². The second-order valence-electron chi connectivity index (χ2n) is 5.61. The normalized spacial score (nSPS) is 21.9. The molecule has 0 heterocycles. The minimum atomic E-state index is -0.160. The fourth-order valence-corrected chi connectivity index (χ4v) is 2.92. The van der Waals surface area contributed by atoms with E-state index in [1.807, 2.05) is 0 Å². The van der Waals surface area contributed by atoms with Crippen LogP contribution in [0, 0.1) is 5.92 Å². The number of aliphatic hydroxyl groups is 1. The largest absolute Gasteiger partial charge is 0.496 e. The number of rotatable bonds is 5. The average molecular weight is 312 g/mol. The molecule has 1 saturated carbocycles. The van der Waals surface area contributed by atoms with Crippen LogP contribution in [0.2, 0.25) is 5.02 Å². The number of carbonyl (C=O) groups excluding carboxylic acids is 1. The molecule has 2 N–H and O–H groups in total. The Bertz CT molecular complexity index is 484. The average Bonchev–Trinajstić information content (AvgIpc) is 2.47. The molecule has 0 saturated heterocycles. The molecule has 1 aliphatic rings. The van der Waals surface area contributed by atoms with Gasteiger partial charge in [0.15, 0.2) is 0 Å². The van der Waals surface area contributed by atoms with Crippen molar-refractivity contribution >= 4 is 17.5 Å². The van der Waals surface area contributed by atoms with Crippen molar-refractivity contribution in [2.24, 2.45) is 5.92 Å². The van der Waals surface area contributed by atoms with Crippen molar-refractivity contribution in [1.82, 2.24) is 5.32 Å². The second-order valence-corrected chi connectivity index (χ2v) is 6.05. The number of benzene rings is 1. The van der Waals surface area contributed by atoms with Crippen LogP contribution in [-0.4, -0.2) is 30.8 Å². The van der Waals surface area contributed by atoms with Crippen molar-refractivity contribution in [3.05, 3.63) is 28.8 Å². The van der Waals surface area contributed by atoms with E-state index >= 15 is 0 Å². The van der Waals surface area contributed by atoms with Crippen molar-refractivity contribution in [1.29, 1.82) is 0 Å². The molecule has 2 rings (SSSR count). The topological polar surface area (TPSA) is 58.6 Å². The summed E-state index contributed by atoms with van der Waals surface area (Å²) in [6.07, 6.45) is 3.72. The van der Waals surface area contributed by atoms with Crippen LogP contribution >= 0.6 is 11.6 Å². The number of hydrogen-bond acceptors (Lipinski definition) is 3. The van der Waals surface area contributed by atoms with Gasteiger partial charge in [0.25, 0.3) is 0 Å². The molecule has 0 unspecified atom stereocenters. The first kappa shape index (κ1) is 16.1. The zero-order chi connectivity index (χ0) is 15.2. The third-order valence-electron chi connectivity index (χ3n) is 4.00. The zero-order valence-electron chi connectivity index (χ0n) is 12.3. The van der Waals surface area contributed by atoms with E-state index in [2.05, 4.69) is 5.32 Å². The highest BCUT2D eigenvalue weighted by atomic mass is 35.5. The summed E-state index contributed by atoms with van der Waals surface area (Å²) in [6.45, 7) is 0.675. The molecular weight excluding hydrogens is 290 g/mol. The molecule has 0 aliphatic heterocycles. The minimum absolute atomic E-state index is 0.0262. The molecule has 4 nitrogen and oxygen atoms in total. The van der Waals surface area contributed by atoms with E-state index in [0.29, 0.717) is 23.2 Å². The number of ether oxygens (including phenoxy) is 1. The van der Waals surface area contributed by atoms with Crippen LogP contribution < -0.4 is 10.1 Å². The third-order valence-corrected chi connectivity index (χ3v) is 4.23. The maximum atomic E-state index is 12.0. The molecule has 1 fully saturated rings. The second kappa shape index (κ2) is 7.66. The van der Waals surface area contributed by atoms with Gasteiger partial charge in [0.2, 0.25) is 5.91 Å². The van der Waals surface area contributed by atoms with Gasteiger partial charge < -0.3 is 15.2 Å². The number of aliphatic hydroxyl groups excluding tert-OH is 1. The lowest BCUT2D eigenvalue weighted by Gasteiger charge is -2.25. The Kier molecular flexibility index (Phi) is 5.88. The predicted octanol–water partition coefficient (Wildman–Crippen LogP) is 2.56. The highest BCUT2D eigenvalue weighted by Crippen LogP contribution is 2.24. The molecule has 0 bridgehead atoms. The predicted molar refractivity (Wildman–Crippen MR) is 82.7 cm³/mol. The number of methoxy groups -OCH3 is 1. The quantitative estimate of drug-likeness (QED) is 0.878. The first-order valence-electron chi connectivity index (χ1n) is 7.35. The van der Waals surface area contributed by atoms with Crippen LogP contribution in [-0.2, 0) is 11.2 Å². The Hall–Kier alpha value is -1.26. The van der Waals surface area contributed by atoms with Gasteiger partial charge >= 0.3 is 0 Å². The first-order valence-corrected chi connectivity index (χ1v) is 7.73. The molecule has 1 aliphatic carbocycles. The van der Waals surface area contributed by atoms with Crippen LogP contribution in [0.3, 0.4) is 0 Å². The molecule has 5 heteroatoms. The number of nitrogens with one attached hydrogen (secondary N) is 1. The van der Waals surface area contributed by atoms with Crippen LogP contribution in [0.25, 0.3) is 0 Å². The summed E-state index contributed by atoms with van der Waals surface area (Å²) >= 11 is 5.96. The van der Waals surface area contributed by atoms with Gasteiger partial charge in [-0.25, -0.2) is 0 Å². The molecule has 116 valence electrons. The van der Waals surface area contributed by atoms with E-state index in [1.165, 1.54) is 0 Å².